The molecular weight excluding hydrogens is 258 g/mol. The molecule has 1 aromatic heterocycles. The summed E-state index contributed by atoms with van der Waals surface area (Å²) in [7, 11) is 0. The lowest BCUT2D eigenvalue weighted by Crippen LogP contribution is -2.29. The molecule has 0 unspecified atom stereocenters. The van der Waals surface area contributed by atoms with Gasteiger partial charge in [0.25, 0.3) is 0 Å². The van der Waals surface area contributed by atoms with Gasteiger partial charge in [0, 0.05) is 30.1 Å². The molecule has 0 atom stereocenters. The van der Waals surface area contributed by atoms with Crippen molar-refractivity contribution < 1.29 is 19.4 Å². The van der Waals surface area contributed by atoms with Crippen LogP contribution >= 0.6 is 0 Å². The molecule has 5 nitrogen and oxygen atoms in total. The summed E-state index contributed by atoms with van der Waals surface area (Å²) in [5.74, 6) is -1.04. The number of aliphatic hydroxyl groups excluding tert-OH is 1. The maximum Gasteiger partial charge on any atom is 0.372 e. The molecule has 0 radical (unpaired) electrons. The van der Waals surface area contributed by atoms with Crippen LogP contribution in [0.3, 0.4) is 0 Å². The fourth-order valence-electron chi connectivity index (χ4n) is 2.59. The Morgan fingerprint density at radius 1 is 1.35 bits per heavy atom. The van der Waals surface area contributed by atoms with Crippen LogP contribution in [0.5, 0.6) is 0 Å². The van der Waals surface area contributed by atoms with Gasteiger partial charge >= 0.3 is 5.97 Å². The summed E-state index contributed by atoms with van der Waals surface area (Å²) in [6, 6.07) is 7.81. The van der Waals surface area contributed by atoms with Crippen molar-refractivity contribution in [3.8, 4) is 0 Å². The molecule has 0 amide bonds. The van der Waals surface area contributed by atoms with E-state index in [-0.39, 0.29) is 12.4 Å². The second kappa shape index (κ2) is 5.26. The molecule has 1 fully saturated rings. The number of hydrogen-bond acceptors (Lipinski definition) is 4. The van der Waals surface area contributed by atoms with Crippen LogP contribution in [0.15, 0.2) is 28.7 Å². The van der Waals surface area contributed by atoms with E-state index in [1.54, 1.807) is 6.07 Å². The van der Waals surface area contributed by atoms with Gasteiger partial charge in [-0.3, -0.25) is 4.90 Å². The van der Waals surface area contributed by atoms with Crippen LogP contribution in [0.4, 0.5) is 0 Å². The minimum atomic E-state index is -1.05. The Hall–Kier alpha value is -1.85. The molecule has 0 bridgehead atoms. The number of carboxylic acid groups (broad SMARTS) is 1. The standard InChI is InChI=1S/C15H17NO4/c17-8-7-16(10-5-6-10)9-12-11-3-1-2-4-13(11)20-14(12)15(18)19/h1-4,10,17H,5-9H2,(H,18,19). The van der Waals surface area contributed by atoms with Gasteiger partial charge in [-0.05, 0) is 18.9 Å². The summed E-state index contributed by atoms with van der Waals surface area (Å²) in [4.78, 5) is 13.5. The molecule has 106 valence electrons. The largest absolute Gasteiger partial charge is 0.475 e. The van der Waals surface area contributed by atoms with Crippen LogP contribution in [-0.4, -0.2) is 40.3 Å². The van der Waals surface area contributed by atoms with Crippen molar-refractivity contribution in [2.24, 2.45) is 0 Å². The molecular formula is C15H17NO4. The molecule has 1 aromatic carbocycles. The topological polar surface area (TPSA) is 73.9 Å². The maximum absolute atomic E-state index is 11.4. The Morgan fingerprint density at radius 2 is 2.10 bits per heavy atom. The normalized spacial score (nSPS) is 15.1. The highest BCUT2D eigenvalue weighted by Gasteiger charge is 2.31. The van der Waals surface area contributed by atoms with Crippen molar-refractivity contribution in [3.63, 3.8) is 0 Å². The van der Waals surface area contributed by atoms with Crippen LogP contribution in [0, 0.1) is 0 Å². The highest BCUT2D eigenvalue weighted by molar-refractivity contribution is 5.95. The van der Waals surface area contributed by atoms with Crippen LogP contribution in [0.25, 0.3) is 11.0 Å². The van der Waals surface area contributed by atoms with E-state index in [0.29, 0.717) is 30.3 Å². The summed E-state index contributed by atoms with van der Waals surface area (Å²) in [5.41, 5.74) is 1.30. The molecule has 1 heterocycles. The number of furan rings is 1. The first-order chi connectivity index (χ1) is 9.70. The van der Waals surface area contributed by atoms with Crippen molar-refractivity contribution in [2.45, 2.75) is 25.4 Å². The zero-order valence-corrected chi connectivity index (χ0v) is 11.1. The number of para-hydroxylation sites is 1. The SMILES string of the molecule is O=C(O)c1oc2ccccc2c1CN(CCO)C1CC1. The predicted octanol–water partition coefficient (Wildman–Crippen LogP) is 2.09. The first kappa shape index (κ1) is 13.1. The summed E-state index contributed by atoms with van der Waals surface area (Å²) in [6.45, 7) is 1.14. The highest BCUT2D eigenvalue weighted by Crippen LogP contribution is 2.32. The monoisotopic (exact) mass is 275 g/mol. The summed E-state index contributed by atoms with van der Waals surface area (Å²) < 4.78 is 5.45. The molecule has 2 aromatic rings. The summed E-state index contributed by atoms with van der Waals surface area (Å²) in [6.07, 6.45) is 2.22. The van der Waals surface area contributed by atoms with Gasteiger partial charge in [0.15, 0.2) is 0 Å². The molecule has 20 heavy (non-hydrogen) atoms. The van der Waals surface area contributed by atoms with Crippen LogP contribution in [0.1, 0.15) is 29.0 Å². The van der Waals surface area contributed by atoms with Gasteiger partial charge in [-0.2, -0.15) is 0 Å². The van der Waals surface area contributed by atoms with Crippen molar-refractivity contribution >= 4 is 16.9 Å². The van der Waals surface area contributed by atoms with Crippen LogP contribution in [-0.2, 0) is 6.54 Å². The first-order valence-corrected chi connectivity index (χ1v) is 6.79. The van der Waals surface area contributed by atoms with E-state index in [2.05, 4.69) is 4.90 Å². The third-order valence-electron chi connectivity index (χ3n) is 3.70. The zero-order valence-electron chi connectivity index (χ0n) is 11.1. The van der Waals surface area contributed by atoms with Crippen molar-refractivity contribution in [1.82, 2.24) is 4.90 Å². The minimum Gasteiger partial charge on any atom is -0.475 e. The van der Waals surface area contributed by atoms with Crippen LogP contribution in [0.2, 0.25) is 0 Å². The molecule has 0 spiro atoms. The number of hydrogen-bond donors (Lipinski definition) is 2. The lowest BCUT2D eigenvalue weighted by Gasteiger charge is -2.20. The third kappa shape index (κ3) is 2.42. The van der Waals surface area contributed by atoms with E-state index in [4.69, 9.17) is 9.52 Å². The fraction of sp³-hybridized carbons (Fsp3) is 0.400. The number of aromatic carboxylic acids is 1. The Morgan fingerprint density at radius 3 is 2.75 bits per heavy atom. The van der Waals surface area contributed by atoms with Gasteiger partial charge in [0.2, 0.25) is 5.76 Å². The molecule has 0 saturated heterocycles. The van der Waals surface area contributed by atoms with E-state index >= 15 is 0 Å². The smallest absolute Gasteiger partial charge is 0.372 e. The lowest BCUT2D eigenvalue weighted by atomic mass is 10.1. The Labute approximate surface area is 116 Å². The van der Waals surface area contributed by atoms with Gasteiger partial charge in [0.05, 0.1) is 6.61 Å². The number of rotatable bonds is 6. The number of carboxylic acids is 1. The van der Waals surface area contributed by atoms with Crippen LogP contribution < -0.4 is 0 Å². The second-order valence-corrected chi connectivity index (χ2v) is 5.14. The highest BCUT2D eigenvalue weighted by atomic mass is 16.4. The molecule has 2 N–H and O–H groups in total. The molecule has 3 rings (SSSR count). The van der Waals surface area contributed by atoms with Gasteiger partial charge in [-0.25, -0.2) is 4.79 Å². The average molecular weight is 275 g/mol. The van der Waals surface area contributed by atoms with Crippen molar-refractivity contribution in [3.05, 3.63) is 35.6 Å². The number of nitrogens with zero attached hydrogens (tertiary/aromatic N) is 1. The summed E-state index contributed by atoms with van der Waals surface area (Å²) in [5, 5.41) is 19.3. The van der Waals surface area contributed by atoms with Gasteiger partial charge in [0.1, 0.15) is 5.58 Å². The van der Waals surface area contributed by atoms with Gasteiger partial charge in [-0.1, -0.05) is 18.2 Å². The van der Waals surface area contributed by atoms with E-state index in [9.17, 15) is 9.90 Å². The summed E-state index contributed by atoms with van der Waals surface area (Å²) >= 11 is 0. The predicted molar refractivity (Wildman–Crippen MR) is 73.7 cm³/mol. The Bertz CT molecular complexity index is 630. The zero-order chi connectivity index (χ0) is 14.1. The maximum atomic E-state index is 11.4. The van der Waals surface area contributed by atoms with E-state index in [1.165, 1.54) is 0 Å². The minimum absolute atomic E-state index is 0.00906. The number of aliphatic hydroxyl groups is 1. The Kier molecular flexibility index (Phi) is 3.46. The number of carbonyl (C=O) groups is 1. The van der Waals surface area contributed by atoms with Gasteiger partial charge < -0.3 is 14.6 Å². The molecule has 1 aliphatic carbocycles. The first-order valence-electron chi connectivity index (χ1n) is 6.79. The fourth-order valence-corrected chi connectivity index (χ4v) is 2.59. The lowest BCUT2D eigenvalue weighted by molar-refractivity contribution is 0.0661. The molecule has 5 heteroatoms. The molecule has 0 aliphatic heterocycles. The van der Waals surface area contributed by atoms with E-state index in [1.807, 2.05) is 18.2 Å². The number of benzene rings is 1. The number of fused-ring (bicyclic) bond motifs is 1. The van der Waals surface area contributed by atoms with Crippen molar-refractivity contribution in [1.29, 1.82) is 0 Å². The molecule has 1 aliphatic rings. The second-order valence-electron chi connectivity index (χ2n) is 5.14. The van der Waals surface area contributed by atoms with E-state index in [0.717, 1.165) is 18.2 Å². The quantitative estimate of drug-likeness (QED) is 0.844. The van der Waals surface area contributed by atoms with E-state index < -0.39 is 5.97 Å². The molecule has 1 saturated carbocycles. The van der Waals surface area contributed by atoms with Crippen molar-refractivity contribution in [2.75, 3.05) is 13.2 Å². The van der Waals surface area contributed by atoms with Gasteiger partial charge in [-0.15, -0.1) is 0 Å². The Balaban J connectivity index is 1.99. The third-order valence-corrected chi connectivity index (χ3v) is 3.70. The average Bonchev–Trinajstić information content (AvgIpc) is 3.21.